The zero-order valence-electron chi connectivity index (χ0n) is 8.08. The van der Waals surface area contributed by atoms with Crippen LogP contribution in [0.15, 0.2) is 5.11 Å². The largest absolute Gasteiger partial charge is 0.368 e. The average molecular weight is 185 g/mol. The molecular weight excluding hydrogens is 170 g/mol. The number of rotatable bonds is 2. The van der Waals surface area contributed by atoms with E-state index in [9.17, 15) is 5.11 Å². The third-order valence-corrected chi connectivity index (χ3v) is 2.49. The summed E-state index contributed by atoms with van der Waals surface area (Å²) in [6, 6.07) is -0.447. The highest BCUT2D eigenvalue weighted by molar-refractivity contribution is 4.89. The third kappa shape index (κ3) is 1.94. The van der Waals surface area contributed by atoms with Gasteiger partial charge in [0.05, 0.1) is 12.1 Å². The van der Waals surface area contributed by atoms with Crippen LogP contribution in [0.1, 0.15) is 20.8 Å². The van der Waals surface area contributed by atoms with Crippen LogP contribution in [0.5, 0.6) is 0 Å². The van der Waals surface area contributed by atoms with Gasteiger partial charge in [0.25, 0.3) is 0 Å². The molecule has 4 atom stereocenters. The van der Waals surface area contributed by atoms with E-state index in [0.717, 1.165) is 0 Å². The smallest absolute Gasteiger partial charge is 0.163 e. The molecule has 1 heterocycles. The monoisotopic (exact) mass is 185 g/mol. The van der Waals surface area contributed by atoms with Crippen LogP contribution in [0.3, 0.4) is 0 Å². The predicted molar refractivity (Wildman–Crippen MR) is 47.8 cm³/mol. The quantitative estimate of drug-likeness (QED) is 0.403. The molecule has 1 unspecified atom stereocenters. The number of hydrogen-bond donors (Lipinski definition) is 1. The zero-order chi connectivity index (χ0) is 10.0. The van der Waals surface area contributed by atoms with E-state index < -0.39 is 12.3 Å². The molecule has 1 aliphatic rings. The van der Waals surface area contributed by atoms with Crippen molar-refractivity contribution in [1.82, 2.24) is 0 Å². The Bertz CT molecular complexity index is 225. The van der Waals surface area contributed by atoms with Crippen molar-refractivity contribution in [2.45, 2.75) is 39.2 Å². The Morgan fingerprint density at radius 2 is 2.15 bits per heavy atom. The van der Waals surface area contributed by atoms with Gasteiger partial charge < -0.3 is 9.84 Å². The van der Waals surface area contributed by atoms with Gasteiger partial charge in [-0.1, -0.05) is 25.9 Å². The van der Waals surface area contributed by atoms with Gasteiger partial charge in [0.15, 0.2) is 6.29 Å². The van der Waals surface area contributed by atoms with Crippen molar-refractivity contribution >= 4 is 0 Å². The third-order valence-electron chi connectivity index (χ3n) is 2.49. The molecule has 1 aliphatic heterocycles. The minimum atomic E-state index is -0.946. The van der Waals surface area contributed by atoms with Crippen LogP contribution < -0.4 is 0 Å². The second-order valence-electron chi connectivity index (χ2n) is 3.79. The molecule has 0 bridgehead atoms. The molecule has 0 amide bonds. The number of ether oxygens (including phenoxy) is 1. The highest BCUT2D eigenvalue weighted by atomic mass is 16.6. The fourth-order valence-corrected chi connectivity index (χ4v) is 1.81. The second-order valence-corrected chi connectivity index (χ2v) is 3.79. The Hall–Kier alpha value is -0.770. The van der Waals surface area contributed by atoms with Crippen molar-refractivity contribution in [1.29, 1.82) is 0 Å². The van der Waals surface area contributed by atoms with Gasteiger partial charge in [-0.15, -0.1) is 0 Å². The number of nitrogens with zero attached hydrogens (tertiary/aromatic N) is 3. The Labute approximate surface area is 77.3 Å². The molecule has 1 rings (SSSR count). The second kappa shape index (κ2) is 3.96. The zero-order valence-corrected chi connectivity index (χ0v) is 8.08. The van der Waals surface area contributed by atoms with Crippen LogP contribution >= 0.6 is 0 Å². The van der Waals surface area contributed by atoms with E-state index in [4.69, 9.17) is 10.3 Å². The molecule has 5 heteroatoms. The first-order valence-electron chi connectivity index (χ1n) is 4.45. The fourth-order valence-electron chi connectivity index (χ4n) is 1.81. The number of aliphatic hydroxyl groups is 1. The molecular formula is C8H15N3O2. The lowest BCUT2D eigenvalue weighted by molar-refractivity contribution is -0.107. The van der Waals surface area contributed by atoms with Crippen LogP contribution in [0, 0.1) is 11.8 Å². The summed E-state index contributed by atoms with van der Waals surface area (Å²) >= 11 is 0. The van der Waals surface area contributed by atoms with E-state index >= 15 is 0 Å². The molecule has 0 radical (unpaired) electrons. The lowest BCUT2D eigenvalue weighted by Crippen LogP contribution is -2.24. The SMILES string of the molecule is CC(C)[C@H]1OC(O)[C@H](N=[N+]=[N-])[C@@H]1C. The molecule has 1 N–H and O–H groups in total. The Balaban J connectivity index is 2.74. The molecule has 5 nitrogen and oxygen atoms in total. The first-order valence-corrected chi connectivity index (χ1v) is 4.45. The van der Waals surface area contributed by atoms with Gasteiger partial charge in [-0.2, -0.15) is 0 Å². The maximum atomic E-state index is 9.42. The molecule has 0 aliphatic carbocycles. The van der Waals surface area contributed by atoms with Crippen LogP contribution in [0.25, 0.3) is 10.4 Å². The molecule has 1 saturated heterocycles. The van der Waals surface area contributed by atoms with E-state index in [0.29, 0.717) is 5.92 Å². The Kier molecular flexibility index (Phi) is 3.14. The van der Waals surface area contributed by atoms with Crippen molar-refractivity contribution in [3.05, 3.63) is 10.4 Å². The van der Waals surface area contributed by atoms with Crippen LogP contribution in [0.2, 0.25) is 0 Å². The summed E-state index contributed by atoms with van der Waals surface area (Å²) in [5, 5.41) is 12.9. The van der Waals surface area contributed by atoms with Crippen molar-refractivity contribution in [2.24, 2.45) is 17.0 Å². The van der Waals surface area contributed by atoms with Gasteiger partial charge in [0.1, 0.15) is 0 Å². The predicted octanol–water partition coefficient (Wildman–Crippen LogP) is 1.67. The minimum absolute atomic E-state index is 0.0227. The summed E-state index contributed by atoms with van der Waals surface area (Å²) < 4.78 is 5.29. The highest BCUT2D eigenvalue weighted by Crippen LogP contribution is 2.32. The molecule has 0 spiro atoms. The average Bonchev–Trinajstić information content (AvgIpc) is 2.32. The van der Waals surface area contributed by atoms with Crippen molar-refractivity contribution in [3.8, 4) is 0 Å². The van der Waals surface area contributed by atoms with Gasteiger partial charge in [-0.05, 0) is 17.4 Å². The van der Waals surface area contributed by atoms with Gasteiger partial charge >= 0.3 is 0 Å². The van der Waals surface area contributed by atoms with Gasteiger partial charge in [-0.3, -0.25) is 0 Å². The maximum Gasteiger partial charge on any atom is 0.163 e. The van der Waals surface area contributed by atoms with E-state index in [1.165, 1.54) is 0 Å². The van der Waals surface area contributed by atoms with Crippen molar-refractivity contribution in [2.75, 3.05) is 0 Å². The molecule has 74 valence electrons. The Morgan fingerprint density at radius 1 is 1.54 bits per heavy atom. The normalized spacial score (nSPS) is 39.2. The number of azide groups is 1. The van der Waals surface area contributed by atoms with Crippen LogP contribution in [0.4, 0.5) is 0 Å². The van der Waals surface area contributed by atoms with E-state index in [2.05, 4.69) is 10.0 Å². The standard InChI is InChI=1S/C8H15N3O2/c1-4(2)7-5(3)6(10-11-9)8(12)13-7/h4-8,12H,1-3H3/t5-,6+,7+,8?/m0/s1. The van der Waals surface area contributed by atoms with Crippen molar-refractivity contribution in [3.63, 3.8) is 0 Å². The fraction of sp³-hybridized carbons (Fsp3) is 1.00. The first kappa shape index (κ1) is 10.3. The first-order chi connectivity index (χ1) is 6.07. The van der Waals surface area contributed by atoms with Gasteiger partial charge in [0, 0.05) is 4.91 Å². The highest BCUT2D eigenvalue weighted by Gasteiger charge is 2.41. The summed E-state index contributed by atoms with van der Waals surface area (Å²) in [4.78, 5) is 2.70. The summed E-state index contributed by atoms with van der Waals surface area (Å²) in [5.74, 6) is 0.398. The molecule has 0 aromatic heterocycles. The van der Waals surface area contributed by atoms with Gasteiger partial charge in [-0.25, -0.2) is 0 Å². The van der Waals surface area contributed by atoms with E-state index in [1.807, 2.05) is 20.8 Å². The number of hydrogen-bond acceptors (Lipinski definition) is 3. The van der Waals surface area contributed by atoms with E-state index in [-0.39, 0.29) is 12.0 Å². The lowest BCUT2D eigenvalue weighted by atomic mass is 9.92. The topological polar surface area (TPSA) is 78.2 Å². The summed E-state index contributed by atoms with van der Waals surface area (Å²) in [5.41, 5.74) is 8.28. The molecule has 0 aromatic carbocycles. The lowest BCUT2D eigenvalue weighted by Gasteiger charge is -2.18. The Morgan fingerprint density at radius 3 is 2.54 bits per heavy atom. The molecule has 1 fully saturated rings. The molecule has 0 saturated carbocycles. The summed E-state index contributed by atoms with van der Waals surface area (Å²) in [6.07, 6.45) is -0.969. The van der Waals surface area contributed by atoms with Crippen molar-refractivity contribution < 1.29 is 9.84 Å². The van der Waals surface area contributed by atoms with Gasteiger partial charge in [0.2, 0.25) is 0 Å². The van der Waals surface area contributed by atoms with Crippen LogP contribution in [-0.4, -0.2) is 23.5 Å². The molecule has 0 aromatic rings. The van der Waals surface area contributed by atoms with Crippen LogP contribution in [-0.2, 0) is 4.74 Å². The summed E-state index contributed by atoms with van der Waals surface area (Å²) in [6.45, 7) is 5.97. The van der Waals surface area contributed by atoms with E-state index in [1.54, 1.807) is 0 Å². The molecule has 13 heavy (non-hydrogen) atoms. The summed E-state index contributed by atoms with van der Waals surface area (Å²) in [7, 11) is 0. The maximum absolute atomic E-state index is 9.42. The minimum Gasteiger partial charge on any atom is -0.368 e. The number of aliphatic hydroxyl groups excluding tert-OH is 1.